The van der Waals surface area contributed by atoms with Crippen LogP contribution in [0.25, 0.3) is 6.08 Å². The molecule has 12 heavy (non-hydrogen) atoms. The number of alkyl halides is 1. The highest BCUT2D eigenvalue weighted by Gasteiger charge is 1.92. The molecule has 1 atom stereocenters. The maximum absolute atomic E-state index is 5.71. The van der Waals surface area contributed by atoms with Gasteiger partial charge in [0.2, 0.25) is 0 Å². The molecule has 0 aliphatic heterocycles. The molecule has 0 amide bonds. The summed E-state index contributed by atoms with van der Waals surface area (Å²) in [6.07, 6.45) is 3.73. The first kappa shape index (κ1) is 9.30. The summed E-state index contributed by atoms with van der Waals surface area (Å²) in [5.41, 5.74) is 0.783. The lowest BCUT2D eigenvalue weighted by molar-refractivity contribution is 0.203. The minimum Gasteiger partial charge on any atom is -0.362 e. The van der Waals surface area contributed by atoms with Crippen LogP contribution in [-0.4, -0.2) is 12.7 Å². The van der Waals surface area contributed by atoms with Crippen molar-refractivity contribution in [3.63, 3.8) is 0 Å². The molecule has 0 bridgehead atoms. The van der Waals surface area contributed by atoms with E-state index in [0.717, 1.165) is 5.56 Å². The van der Waals surface area contributed by atoms with Gasteiger partial charge in [0.25, 0.3) is 0 Å². The molecule has 1 rings (SSSR count). The molecule has 1 aromatic rings. The van der Waals surface area contributed by atoms with Gasteiger partial charge >= 0.3 is 0 Å². The van der Waals surface area contributed by atoms with Crippen molar-refractivity contribution >= 4 is 17.7 Å². The summed E-state index contributed by atoms with van der Waals surface area (Å²) >= 11 is 5.71. The van der Waals surface area contributed by atoms with Crippen molar-refractivity contribution in [2.24, 2.45) is 0 Å². The molecule has 0 saturated carbocycles. The third kappa shape index (κ3) is 3.07. The summed E-state index contributed by atoms with van der Waals surface area (Å²) < 4.78 is 4.85. The molecule has 0 radical (unpaired) electrons. The average molecular weight is 183 g/mol. The van der Waals surface area contributed by atoms with E-state index in [-0.39, 0.29) is 5.56 Å². The van der Waals surface area contributed by atoms with Gasteiger partial charge in [0.1, 0.15) is 5.56 Å². The monoisotopic (exact) mass is 182 g/mol. The van der Waals surface area contributed by atoms with Gasteiger partial charge in [0.05, 0.1) is 0 Å². The number of halogens is 1. The first-order chi connectivity index (χ1) is 5.83. The molecule has 0 saturated heterocycles. The maximum Gasteiger partial charge on any atom is 0.149 e. The second-order valence-corrected chi connectivity index (χ2v) is 2.79. The van der Waals surface area contributed by atoms with Gasteiger partial charge in [-0.1, -0.05) is 48.0 Å². The van der Waals surface area contributed by atoms with Crippen molar-refractivity contribution in [3.8, 4) is 0 Å². The Morgan fingerprint density at radius 3 is 2.58 bits per heavy atom. The molecule has 64 valence electrons. The molecule has 0 aromatic heterocycles. The van der Waals surface area contributed by atoms with Crippen LogP contribution in [0.2, 0.25) is 0 Å². The van der Waals surface area contributed by atoms with Crippen LogP contribution in [-0.2, 0) is 4.74 Å². The fourth-order valence-electron chi connectivity index (χ4n) is 0.829. The predicted octanol–water partition coefficient (Wildman–Crippen LogP) is 2.91. The van der Waals surface area contributed by atoms with Crippen LogP contribution in [0.3, 0.4) is 0 Å². The Kier molecular flexibility index (Phi) is 3.85. The van der Waals surface area contributed by atoms with Crippen LogP contribution < -0.4 is 0 Å². The lowest BCUT2D eigenvalue weighted by atomic mass is 10.2. The van der Waals surface area contributed by atoms with Crippen LogP contribution in [0.4, 0.5) is 0 Å². The average Bonchev–Trinajstić information content (AvgIpc) is 2.16. The summed E-state index contributed by atoms with van der Waals surface area (Å²) in [5, 5.41) is 0. The van der Waals surface area contributed by atoms with Crippen LogP contribution in [0.5, 0.6) is 0 Å². The third-order valence-corrected chi connectivity index (χ3v) is 1.79. The van der Waals surface area contributed by atoms with E-state index in [1.165, 1.54) is 0 Å². The normalized spacial score (nSPS) is 13.5. The van der Waals surface area contributed by atoms with E-state index < -0.39 is 0 Å². The quantitative estimate of drug-likeness (QED) is 0.654. The minimum atomic E-state index is -0.342. The lowest BCUT2D eigenvalue weighted by Crippen LogP contribution is -1.94. The van der Waals surface area contributed by atoms with Crippen molar-refractivity contribution in [1.82, 2.24) is 0 Å². The van der Waals surface area contributed by atoms with Crippen molar-refractivity contribution in [3.05, 3.63) is 42.0 Å². The summed E-state index contributed by atoms with van der Waals surface area (Å²) in [4.78, 5) is 0. The standard InChI is InChI=1S/C10H11ClO/c1-12-10(11)8-7-9-5-3-2-4-6-9/h2-8,10H,1H3. The van der Waals surface area contributed by atoms with E-state index in [0.29, 0.717) is 0 Å². The van der Waals surface area contributed by atoms with Crippen molar-refractivity contribution in [1.29, 1.82) is 0 Å². The van der Waals surface area contributed by atoms with Gasteiger partial charge < -0.3 is 4.74 Å². The Morgan fingerprint density at radius 1 is 1.33 bits per heavy atom. The Hall–Kier alpha value is -0.790. The van der Waals surface area contributed by atoms with Gasteiger partial charge in [-0.25, -0.2) is 0 Å². The number of hydrogen-bond donors (Lipinski definition) is 0. The predicted molar refractivity (Wildman–Crippen MR) is 52.1 cm³/mol. The van der Waals surface area contributed by atoms with E-state index in [9.17, 15) is 0 Å². The zero-order valence-electron chi connectivity index (χ0n) is 6.91. The van der Waals surface area contributed by atoms with E-state index in [1.54, 1.807) is 13.2 Å². The zero-order chi connectivity index (χ0) is 8.81. The van der Waals surface area contributed by atoms with Crippen LogP contribution in [0.15, 0.2) is 36.4 Å². The highest BCUT2D eigenvalue weighted by molar-refractivity contribution is 6.21. The van der Waals surface area contributed by atoms with E-state index >= 15 is 0 Å². The van der Waals surface area contributed by atoms with Crippen molar-refractivity contribution < 1.29 is 4.74 Å². The van der Waals surface area contributed by atoms with Gasteiger partial charge in [-0.2, -0.15) is 0 Å². The molecule has 2 heteroatoms. The fourth-order valence-corrected chi connectivity index (χ4v) is 0.902. The SMILES string of the molecule is COC(Cl)C=Cc1ccccc1. The summed E-state index contributed by atoms with van der Waals surface area (Å²) in [7, 11) is 1.58. The summed E-state index contributed by atoms with van der Waals surface area (Å²) in [6, 6.07) is 9.96. The van der Waals surface area contributed by atoms with Gasteiger partial charge in [-0.15, -0.1) is 0 Å². The largest absolute Gasteiger partial charge is 0.362 e. The fraction of sp³-hybridized carbons (Fsp3) is 0.200. The van der Waals surface area contributed by atoms with E-state index in [4.69, 9.17) is 16.3 Å². The van der Waals surface area contributed by atoms with E-state index in [1.807, 2.05) is 36.4 Å². The van der Waals surface area contributed by atoms with Crippen LogP contribution in [0.1, 0.15) is 5.56 Å². The maximum atomic E-state index is 5.71. The summed E-state index contributed by atoms with van der Waals surface area (Å²) in [5.74, 6) is 0. The molecule has 1 unspecified atom stereocenters. The molecule has 0 aliphatic rings. The highest BCUT2D eigenvalue weighted by atomic mass is 35.5. The van der Waals surface area contributed by atoms with E-state index in [2.05, 4.69) is 0 Å². The molecular formula is C10H11ClO. The Morgan fingerprint density at radius 2 is 2.00 bits per heavy atom. The minimum absolute atomic E-state index is 0.342. The molecule has 1 nitrogen and oxygen atoms in total. The zero-order valence-corrected chi connectivity index (χ0v) is 7.66. The molecule has 0 spiro atoms. The Labute approximate surface area is 77.6 Å². The molecule has 0 N–H and O–H groups in total. The van der Waals surface area contributed by atoms with Gasteiger partial charge in [0, 0.05) is 7.11 Å². The smallest absolute Gasteiger partial charge is 0.149 e. The first-order valence-corrected chi connectivity index (χ1v) is 4.16. The van der Waals surface area contributed by atoms with Crippen LogP contribution in [0, 0.1) is 0 Å². The second kappa shape index (κ2) is 4.96. The summed E-state index contributed by atoms with van der Waals surface area (Å²) in [6.45, 7) is 0. The molecule has 0 heterocycles. The molecule has 0 aliphatic carbocycles. The number of methoxy groups -OCH3 is 1. The number of rotatable bonds is 3. The number of hydrogen-bond acceptors (Lipinski definition) is 1. The topological polar surface area (TPSA) is 9.23 Å². The Balaban J connectivity index is 2.58. The van der Waals surface area contributed by atoms with Gasteiger partial charge in [-0.05, 0) is 11.6 Å². The molecule has 0 fully saturated rings. The number of ether oxygens (including phenoxy) is 1. The molecular weight excluding hydrogens is 172 g/mol. The van der Waals surface area contributed by atoms with Crippen molar-refractivity contribution in [2.45, 2.75) is 5.56 Å². The molecule has 1 aromatic carbocycles. The first-order valence-electron chi connectivity index (χ1n) is 3.73. The van der Waals surface area contributed by atoms with Gasteiger partial charge in [0.15, 0.2) is 0 Å². The van der Waals surface area contributed by atoms with Gasteiger partial charge in [-0.3, -0.25) is 0 Å². The van der Waals surface area contributed by atoms with Crippen molar-refractivity contribution in [2.75, 3.05) is 7.11 Å². The lowest BCUT2D eigenvalue weighted by Gasteiger charge is -1.98. The Bertz CT molecular complexity index is 243. The third-order valence-electron chi connectivity index (χ3n) is 1.46. The highest BCUT2D eigenvalue weighted by Crippen LogP contribution is 2.05. The second-order valence-electron chi connectivity index (χ2n) is 2.36. The van der Waals surface area contributed by atoms with Crippen LogP contribution >= 0.6 is 11.6 Å². The number of benzene rings is 1.